The predicted octanol–water partition coefficient (Wildman–Crippen LogP) is 3.69. The molecule has 3 aromatic rings. The molecule has 2 aromatic carbocycles. The Labute approximate surface area is 105 Å². The quantitative estimate of drug-likeness (QED) is 0.634. The zero-order chi connectivity index (χ0) is 12.7. The molecular formula is C15H13FN2. The monoisotopic (exact) mass is 240 g/mol. The topological polar surface area (TPSA) is 17.8 Å². The molecule has 0 saturated carbocycles. The molecule has 18 heavy (non-hydrogen) atoms. The van der Waals surface area contributed by atoms with Crippen LogP contribution in [-0.4, -0.2) is 9.55 Å². The first-order valence-corrected chi connectivity index (χ1v) is 5.84. The molecule has 1 heterocycles. The first-order chi connectivity index (χ1) is 8.65. The van der Waals surface area contributed by atoms with E-state index in [0.29, 0.717) is 0 Å². The van der Waals surface area contributed by atoms with Crippen molar-refractivity contribution in [1.82, 2.24) is 9.55 Å². The Morgan fingerprint density at radius 2 is 1.78 bits per heavy atom. The van der Waals surface area contributed by atoms with E-state index < -0.39 is 0 Å². The third-order valence-electron chi connectivity index (χ3n) is 3.14. The summed E-state index contributed by atoms with van der Waals surface area (Å²) in [5, 5.41) is 0. The van der Waals surface area contributed by atoms with Gasteiger partial charge in [0.25, 0.3) is 0 Å². The summed E-state index contributed by atoms with van der Waals surface area (Å²) >= 11 is 0. The summed E-state index contributed by atoms with van der Waals surface area (Å²) in [6, 6.07) is 12.6. The molecular weight excluding hydrogens is 227 g/mol. The second-order valence-electron chi connectivity index (χ2n) is 4.49. The van der Waals surface area contributed by atoms with E-state index in [2.05, 4.69) is 18.0 Å². The van der Waals surface area contributed by atoms with Gasteiger partial charge in [0.15, 0.2) is 0 Å². The van der Waals surface area contributed by atoms with E-state index in [0.717, 1.165) is 22.4 Å². The maximum atomic E-state index is 12.9. The van der Waals surface area contributed by atoms with Gasteiger partial charge in [-0.25, -0.2) is 9.37 Å². The highest BCUT2D eigenvalue weighted by Crippen LogP contribution is 2.24. The Hall–Kier alpha value is -2.16. The van der Waals surface area contributed by atoms with E-state index in [1.54, 1.807) is 12.1 Å². The van der Waals surface area contributed by atoms with Gasteiger partial charge < -0.3 is 4.57 Å². The van der Waals surface area contributed by atoms with Gasteiger partial charge in [-0.15, -0.1) is 0 Å². The normalized spacial score (nSPS) is 11.1. The van der Waals surface area contributed by atoms with Crippen molar-refractivity contribution >= 4 is 11.0 Å². The van der Waals surface area contributed by atoms with Gasteiger partial charge in [0.2, 0.25) is 0 Å². The third-order valence-corrected chi connectivity index (χ3v) is 3.14. The van der Waals surface area contributed by atoms with Crippen molar-refractivity contribution in [2.24, 2.45) is 7.05 Å². The first kappa shape index (κ1) is 11.0. The highest BCUT2D eigenvalue weighted by molar-refractivity contribution is 5.81. The van der Waals surface area contributed by atoms with Gasteiger partial charge in [-0.2, -0.15) is 0 Å². The molecule has 0 amide bonds. The number of benzene rings is 2. The first-order valence-electron chi connectivity index (χ1n) is 5.84. The molecule has 0 bridgehead atoms. The van der Waals surface area contributed by atoms with Crippen LogP contribution in [0.15, 0.2) is 42.5 Å². The van der Waals surface area contributed by atoms with E-state index in [4.69, 9.17) is 0 Å². The predicted molar refractivity (Wildman–Crippen MR) is 70.8 cm³/mol. The molecule has 0 aliphatic heterocycles. The standard InChI is InChI=1S/C15H13FN2/c1-10-3-8-13-14(9-10)18(2)15(17-13)11-4-6-12(16)7-5-11/h3-9H,1-2H3. The highest BCUT2D eigenvalue weighted by atomic mass is 19.1. The van der Waals surface area contributed by atoms with Crippen molar-refractivity contribution in [3.05, 3.63) is 53.8 Å². The van der Waals surface area contributed by atoms with Crippen molar-refractivity contribution in [2.45, 2.75) is 6.92 Å². The largest absolute Gasteiger partial charge is 0.327 e. The fraction of sp³-hybridized carbons (Fsp3) is 0.133. The van der Waals surface area contributed by atoms with E-state index in [1.165, 1.54) is 17.7 Å². The zero-order valence-corrected chi connectivity index (χ0v) is 10.3. The molecule has 0 fully saturated rings. The van der Waals surface area contributed by atoms with Gasteiger partial charge in [0.05, 0.1) is 11.0 Å². The number of imidazole rings is 1. The van der Waals surface area contributed by atoms with Gasteiger partial charge >= 0.3 is 0 Å². The highest BCUT2D eigenvalue weighted by Gasteiger charge is 2.09. The van der Waals surface area contributed by atoms with E-state index in [-0.39, 0.29) is 5.82 Å². The van der Waals surface area contributed by atoms with Gasteiger partial charge in [0, 0.05) is 12.6 Å². The minimum atomic E-state index is -0.228. The molecule has 0 radical (unpaired) electrons. The molecule has 0 aliphatic rings. The molecule has 0 atom stereocenters. The smallest absolute Gasteiger partial charge is 0.140 e. The van der Waals surface area contributed by atoms with Crippen LogP contribution < -0.4 is 0 Å². The van der Waals surface area contributed by atoms with Crippen LogP contribution in [0.3, 0.4) is 0 Å². The number of aromatic nitrogens is 2. The Morgan fingerprint density at radius 3 is 2.50 bits per heavy atom. The lowest BCUT2D eigenvalue weighted by atomic mass is 10.2. The average molecular weight is 240 g/mol. The molecule has 1 aromatic heterocycles. The maximum absolute atomic E-state index is 12.9. The molecule has 2 nitrogen and oxygen atoms in total. The van der Waals surface area contributed by atoms with E-state index >= 15 is 0 Å². The fourth-order valence-corrected chi connectivity index (χ4v) is 2.16. The summed E-state index contributed by atoms with van der Waals surface area (Å²) < 4.78 is 15.0. The number of hydrogen-bond donors (Lipinski definition) is 0. The lowest BCUT2D eigenvalue weighted by Gasteiger charge is -2.02. The Balaban J connectivity index is 2.23. The molecule has 0 spiro atoms. The Kier molecular flexibility index (Phi) is 2.40. The molecule has 0 aliphatic carbocycles. The number of nitrogens with zero attached hydrogens (tertiary/aromatic N) is 2. The van der Waals surface area contributed by atoms with Crippen LogP contribution in [0.5, 0.6) is 0 Å². The number of fused-ring (bicyclic) bond motifs is 1. The minimum absolute atomic E-state index is 0.228. The van der Waals surface area contributed by atoms with Crippen LogP contribution >= 0.6 is 0 Å². The summed E-state index contributed by atoms with van der Waals surface area (Å²) in [5.41, 5.74) is 4.18. The van der Waals surface area contributed by atoms with Gasteiger partial charge in [-0.05, 0) is 48.9 Å². The molecule has 0 unspecified atom stereocenters. The van der Waals surface area contributed by atoms with Gasteiger partial charge in [-0.1, -0.05) is 6.07 Å². The van der Waals surface area contributed by atoms with Crippen LogP contribution in [0.25, 0.3) is 22.4 Å². The molecule has 0 saturated heterocycles. The number of halogens is 1. The minimum Gasteiger partial charge on any atom is -0.327 e. The number of rotatable bonds is 1. The Bertz CT molecular complexity index is 711. The van der Waals surface area contributed by atoms with Gasteiger partial charge in [-0.3, -0.25) is 0 Å². The molecule has 3 rings (SSSR count). The Morgan fingerprint density at radius 1 is 1.06 bits per heavy atom. The van der Waals surface area contributed by atoms with Crippen molar-refractivity contribution in [1.29, 1.82) is 0 Å². The van der Waals surface area contributed by atoms with Crippen LogP contribution in [-0.2, 0) is 7.05 Å². The fourth-order valence-electron chi connectivity index (χ4n) is 2.16. The molecule has 3 heteroatoms. The van der Waals surface area contributed by atoms with Crippen molar-refractivity contribution in [3.63, 3.8) is 0 Å². The second kappa shape index (κ2) is 3.95. The molecule has 0 N–H and O–H groups in total. The molecule has 90 valence electrons. The van der Waals surface area contributed by atoms with Gasteiger partial charge in [0.1, 0.15) is 11.6 Å². The zero-order valence-electron chi connectivity index (χ0n) is 10.3. The number of hydrogen-bond acceptors (Lipinski definition) is 1. The number of aryl methyl sites for hydroxylation is 2. The van der Waals surface area contributed by atoms with Crippen molar-refractivity contribution in [3.8, 4) is 11.4 Å². The summed E-state index contributed by atoms with van der Waals surface area (Å²) in [6.07, 6.45) is 0. The lowest BCUT2D eigenvalue weighted by Crippen LogP contribution is -1.92. The second-order valence-corrected chi connectivity index (χ2v) is 4.49. The van der Waals surface area contributed by atoms with Crippen molar-refractivity contribution in [2.75, 3.05) is 0 Å². The van der Waals surface area contributed by atoms with Crippen molar-refractivity contribution < 1.29 is 4.39 Å². The van der Waals surface area contributed by atoms with E-state index in [9.17, 15) is 4.39 Å². The average Bonchev–Trinajstić information content (AvgIpc) is 2.68. The van der Waals surface area contributed by atoms with Crippen LogP contribution in [0.2, 0.25) is 0 Å². The maximum Gasteiger partial charge on any atom is 0.140 e. The third kappa shape index (κ3) is 1.68. The summed E-state index contributed by atoms with van der Waals surface area (Å²) in [7, 11) is 1.98. The van der Waals surface area contributed by atoms with Crippen LogP contribution in [0.1, 0.15) is 5.56 Å². The lowest BCUT2D eigenvalue weighted by molar-refractivity contribution is 0.628. The van der Waals surface area contributed by atoms with E-state index in [1.807, 2.05) is 23.7 Å². The SMILES string of the molecule is Cc1ccc2nc(-c3ccc(F)cc3)n(C)c2c1. The summed E-state index contributed by atoms with van der Waals surface area (Å²) in [6.45, 7) is 2.06. The van der Waals surface area contributed by atoms with Crippen LogP contribution in [0.4, 0.5) is 4.39 Å². The summed E-state index contributed by atoms with van der Waals surface area (Å²) in [5.74, 6) is 0.629. The summed E-state index contributed by atoms with van der Waals surface area (Å²) in [4.78, 5) is 4.59. The van der Waals surface area contributed by atoms with Crippen LogP contribution in [0, 0.1) is 12.7 Å².